The van der Waals surface area contributed by atoms with E-state index < -0.39 is 5.82 Å². The Labute approximate surface area is 182 Å². The van der Waals surface area contributed by atoms with Crippen LogP contribution < -0.4 is 9.47 Å². The van der Waals surface area contributed by atoms with E-state index in [1.807, 2.05) is 6.92 Å². The average molecular weight is 470 g/mol. The van der Waals surface area contributed by atoms with Crippen molar-refractivity contribution >= 4 is 27.6 Å². The van der Waals surface area contributed by atoms with Crippen molar-refractivity contribution in [1.82, 2.24) is 0 Å². The zero-order valence-electron chi connectivity index (χ0n) is 16.2. The Balaban J connectivity index is 1.93. The summed E-state index contributed by atoms with van der Waals surface area (Å²) in [5, 5.41) is 9.52. The van der Waals surface area contributed by atoms with Crippen molar-refractivity contribution in [2.24, 2.45) is 0 Å². The molecule has 3 nitrogen and oxygen atoms in total. The summed E-state index contributed by atoms with van der Waals surface area (Å²) in [4.78, 5) is 0. The van der Waals surface area contributed by atoms with Gasteiger partial charge >= 0.3 is 0 Å². The van der Waals surface area contributed by atoms with Crippen LogP contribution in [0, 0.1) is 23.0 Å². The van der Waals surface area contributed by atoms with Gasteiger partial charge in [-0.3, -0.25) is 0 Å². The SMILES string of the molecule is CCOc1cc(/C=C(/C#N)c2cccc(F)c2)cc(Br)c1OCc1cccc(F)c1. The second kappa shape index (κ2) is 10.0. The summed E-state index contributed by atoms with van der Waals surface area (Å²) in [6, 6.07) is 17.7. The van der Waals surface area contributed by atoms with Crippen molar-refractivity contribution in [1.29, 1.82) is 5.26 Å². The lowest BCUT2D eigenvalue weighted by Crippen LogP contribution is -2.01. The van der Waals surface area contributed by atoms with E-state index in [1.54, 1.807) is 42.5 Å². The van der Waals surface area contributed by atoms with E-state index in [0.717, 1.165) is 0 Å². The average Bonchev–Trinajstić information content (AvgIpc) is 2.71. The van der Waals surface area contributed by atoms with E-state index in [4.69, 9.17) is 9.47 Å². The molecule has 30 heavy (non-hydrogen) atoms. The molecule has 0 bridgehead atoms. The molecular formula is C24H18BrF2NO2. The maximum Gasteiger partial charge on any atom is 0.175 e. The molecule has 6 heteroatoms. The van der Waals surface area contributed by atoms with Gasteiger partial charge in [0.25, 0.3) is 0 Å². The number of ether oxygens (including phenoxy) is 2. The van der Waals surface area contributed by atoms with Crippen molar-refractivity contribution in [3.05, 3.63) is 93.5 Å². The Bertz CT molecular complexity index is 1120. The fraction of sp³-hybridized carbons (Fsp3) is 0.125. The molecule has 3 rings (SSSR count). The Morgan fingerprint density at radius 2 is 1.77 bits per heavy atom. The summed E-state index contributed by atoms with van der Waals surface area (Å²) in [5.74, 6) is 0.210. The minimum Gasteiger partial charge on any atom is -0.490 e. The van der Waals surface area contributed by atoms with Gasteiger partial charge in [-0.15, -0.1) is 0 Å². The molecule has 152 valence electrons. The Morgan fingerprint density at radius 3 is 2.43 bits per heavy atom. The molecule has 0 radical (unpaired) electrons. The van der Waals surface area contributed by atoms with Crippen LogP contribution in [0.25, 0.3) is 11.6 Å². The second-order valence-electron chi connectivity index (χ2n) is 6.36. The van der Waals surface area contributed by atoms with E-state index in [1.165, 1.54) is 24.3 Å². The van der Waals surface area contributed by atoms with Crippen molar-refractivity contribution in [3.8, 4) is 17.6 Å². The highest BCUT2D eigenvalue weighted by Crippen LogP contribution is 2.38. The summed E-state index contributed by atoms with van der Waals surface area (Å²) < 4.78 is 39.1. The van der Waals surface area contributed by atoms with Crippen molar-refractivity contribution < 1.29 is 18.3 Å². The van der Waals surface area contributed by atoms with Gasteiger partial charge < -0.3 is 9.47 Å². The van der Waals surface area contributed by atoms with E-state index >= 15 is 0 Å². The monoisotopic (exact) mass is 469 g/mol. The molecule has 0 heterocycles. The van der Waals surface area contributed by atoms with Gasteiger partial charge in [-0.25, -0.2) is 8.78 Å². The summed E-state index contributed by atoms with van der Waals surface area (Å²) >= 11 is 3.48. The predicted molar refractivity (Wildman–Crippen MR) is 116 cm³/mol. The zero-order chi connectivity index (χ0) is 21.5. The van der Waals surface area contributed by atoms with E-state index in [-0.39, 0.29) is 12.4 Å². The summed E-state index contributed by atoms with van der Waals surface area (Å²) in [6.07, 6.45) is 1.65. The van der Waals surface area contributed by atoms with Crippen molar-refractivity contribution in [2.45, 2.75) is 13.5 Å². The van der Waals surface area contributed by atoms with Crippen LogP contribution in [0.15, 0.2) is 65.1 Å². The topological polar surface area (TPSA) is 42.2 Å². The lowest BCUT2D eigenvalue weighted by molar-refractivity contribution is 0.267. The molecule has 0 saturated carbocycles. The minimum absolute atomic E-state index is 0.165. The maximum atomic E-state index is 13.5. The van der Waals surface area contributed by atoms with Gasteiger partial charge in [-0.2, -0.15) is 5.26 Å². The third-order valence-corrected chi connectivity index (χ3v) is 4.76. The van der Waals surface area contributed by atoms with E-state index in [2.05, 4.69) is 22.0 Å². The van der Waals surface area contributed by atoms with Crippen LogP contribution in [-0.2, 0) is 6.61 Å². The quantitative estimate of drug-likeness (QED) is 0.283. The van der Waals surface area contributed by atoms with Gasteiger partial charge in [0.2, 0.25) is 0 Å². The first-order chi connectivity index (χ1) is 14.5. The molecule has 0 aliphatic carbocycles. The molecule has 0 aliphatic rings. The number of rotatable bonds is 7. The van der Waals surface area contributed by atoms with Gasteiger partial charge in [0.05, 0.1) is 22.7 Å². The largest absolute Gasteiger partial charge is 0.490 e. The molecule has 0 spiro atoms. The van der Waals surface area contributed by atoms with Crippen LogP contribution in [-0.4, -0.2) is 6.61 Å². The van der Waals surface area contributed by atoms with Crippen LogP contribution in [0.5, 0.6) is 11.5 Å². The third kappa shape index (κ3) is 5.46. The number of allylic oxidation sites excluding steroid dienone is 1. The predicted octanol–water partition coefficient (Wildman–Crippen LogP) is 6.77. The smallest absolute Gasteiger partial charge is 0.175 e. The molecule has 0 N–H and O–H groups in total. The van der Waals surface area contributed by atoms with Crippen LogP contribution >= 0.6 is 15.9 Å². The molecule has 0 fully saturated rings. The molecule has 0 saturated heterocycles. The fourth-order valence-electron chi connectivity index (χ4n) is 2.86. The van der Waals surface area contributed by atoms with Crippen LogP contribution in [0.1, 0.15) is 23.6 Å². The Morgan fingerprint density at radius 1 is 1.03 bits per heavy atom. The number of nitrogens with zero attached hydrogens (tertiary/aromatic N) is 1. The molecule has 3 aromatic rings. The van der Waals surface area contributed by atoms with E-state index in [9.17, 15) is 14.0 Å². The first kappa shape index (κ1) is 21.5. The Hall–Kier alpha value is -3.17. The van der Waals surface area contributed by atoms with Gasteiger partial charge in [0.15, 0.2) is 11.5 Å². The lowest BCUT2D eigenvalue weighted by Gasteiger charge is -2.15. The van der Waals surface area contributed by atoms with Gasteiger partial charge in [-0.05, 0) is 82.0 Å². The maximum absolute atomic E-state index is 13.5. The minimum atomic E-state index is -0.411. The molecule has 0 aromatic heterocycles. The lowest BCUT2D eigenvalue weighted by atomic mass is 10.0. The number of benzene rings is 3. The summed E-state index contributed by atoms with van der Waals surface area (Å²) in [7, 11) is 0. The van der Waals surface area contributed by atoms with Crippen LogP contribution in [0.2, 0.25) is 0 Å². The molecule has 0 aliphatic heterocycles. The van der Waals surface area contributed by atoms with Crippen LogP contribution in [0.4, 0.5) is 8.78 Å². The van der Waals surface area contributed by atoms with Crippen molar-refractivity contribution in [3.63, 3.8) is 0 Å². The highest BCUT2D eigenvalue weighted by Gasteiger charge is 2.13. The van der Waals surface area contributed by atoms with Gasteiger partial charge in [-0.1, -0.05) is 24.3 Å². The van der Waals surface area contributed by atoms with Gasteiger partial charge in [0, 0.05) is 0 Å². The van der Waals surface area contributed by atoms with Crippen LogP contribution in [0.3, 0.4) is 0 Å². The van der Waals surface area contributed by atoms with E-state index in [0.29, 0.717) is 44.8 Å². The molecule has 0 atom stereocenters. The first-order valence-corrected chi connectivity index (χ1v) is 10.0. The molecule has 0 unspecified atom stereocenters. The van der Waals surface area contributed by atoms with Gasteiger partial charge in [0.1, 0.15) is 18.2 Å². The normalized spacial score (nSPS) is 11.1. The highest BCUT2D eigenvalue weighted by atomic mass is 79.9. The standard InChI is InChI=1S/C24H18BrF2NO2/c1-2-29-23-12-17(9-19(14-28)18-6-4-8-21(27)13-18)11-22(25)24(23)30-15-16-5-3-7-20(26)10-16/h3-13H,2,15H2,1H3/b19-9-. The van der Waals surface area contributed by atoms with Crippen molar-refractivity contribution in [2.75, 3.05) is 6.61 Å². The number of hydrogen-bond acceptors (Lipinski definition) is 3. The number of hydrogen-bond donors (Lipinski definition) is 0. The second-order valence-corrected chi connectivity index (χ2v) is 7.22. The summed E-state index contributed by atoms with van der Waals surface area (Å²) in [5.41, 5.74) is 2.17. The number of nitriles is 1. The molecular weight excluding hydrogens is 452 g/mol. The highest BCUT2D eigenvalue weighted by molar-refractivity contribution is 9.10. The molecule has 3 aromatic carbocycles. The Kier molecular flexibility index (Phi) is 7.21. The summed E-state index contributed by atoms with van der Waals surface area (Å²) in [6.45, 7) is 2.42. The zero-order valence-corrected chi connectivity index (χ0v) is 17.7. The third-order valence-electron chi connectivity index (χ3n) is 4.17. The first-order valence-electron chi connectivity index (χ1n) is 9.21. The number of halogens is 3. The fourth-order valence-corrected chi connectivity index (χ4v) is 3.43. The molecule has 0 amide bonds.